The van der Waals surface area contributed by atoms with Gasteiger partial charge in [-0.1, -0.05) is 12.1 Å². The summed E-state index contributed by atoms with van der Waals surface area (Å²) >= 11 is 5.21. The molecule has 2 rings (SSSR count). The number of thiocarbonyl (C=S) groups is 1. The summed E-state index contributed by atoms with van der Waals surface area (Å²) in [4.78, 5) is 12.3. The van der Waals surface area contributed by atoms with Crippen molar-refractivity contribution in [1.29, 1.82) is 0 Å². The minimum absolute atomic E-state index is 0.114. The Morgan fingerprint density at radius 1 is 1.30 bits per heavy atom. The fourth-order valence-electron chi connectivity index (χ4n) is 2.43. The molecule has 124 valence electrons. The van der Waals surface area contributed by atoms with Gasteiger partial charge in [0.2, 0.25) is 0 Å². The van der Waals surface area contributed by atoms with Crippen LogP contribution in [-0.2, 0) is 9.53 Å². The van der Waals surface area contributed by atoms with Crippen molar-refractivity contribution in [3.63, 3.8) is 0 Å². The van der Waals surface area contributed by atoms with Gasteiger partial charge in [-0.15, -0.1) is 0 Å². The van der Waals surface area contributed by atoms with Gasteiger partial charge in [0.25, 0.3) is 0 Å². The number of carbonyl (C=O) groups is 1. The molecule has 0 bridgehead atoms. The highest BCUT2D eigenvalue weighted by Gasteiger charge is 2.30. The lowest BCUT2D eigenvalue weighted by atomic mass is 9.95. The quantitative estimate of drug-likeness (QED) is 0.638. The highest BCUT2D eigenvalue weighted by molar-refractivity contribution is 7.80. The molecule has 1 aromatic carbocycles. The van der Waals surface area contributed by atoms with E-state index in [1.165, 1.54) is 0 Å². The van der Waals surface area contributed by atoms with Crippen molar-refractivity contribution >= 4 is 23.3 Å². The van der Waals surface area contributed by atoms with Gasteiger partial charge in [0.1, 0.15) is 5.75 Å². The van der Waals surface area contributed by atoms with Crippen LogP contribution in [0.1, 0.15) is 39.3 Å². The van der Waals surface area contributed by atoms with Gasteiger partial charge in [0.05, 0.1) is 24.3 Å². The number of ether oxygens (including phenoxy) is 2. The van der Waals surface area contributed by atoms with E-state index in [-0.39, 0.29) is 18.1 Å². The van der Waals surface area contributed by atoms with Gasteiger partial charge in [-0.2, -0.15) is 0 Å². The molecular weight excluding hydrogens is 312 g/mol. The third-order valence-corrected chi connectivity index (χ3v) is 3.57. The summed E-state index contributed by atoms with van der Waals surface area (Å²) in [5, 5.41) is 6.60. The van der Waals surface area contributed by atoms with E-state index in [0.717, 1.165) is 11.3 Å². The van der Waals surface area contributed by atoms with Crippen LogP contribution in [0.2, 0.25) is 0 Å². The molecule has 0 spiro atoms. The standard InChI is InChI=1S/C17H22N2O3S/c1-5-21-16(20)14-11(4)18-17(23)19-15(14)12-6-8-13(9-7-12)22-10(2)3/h6-10,15H,5H2,1-4H3,(H2,18,19,23)/t15-/m1/s1. The minimum atomic E-state index is -0.347. The topological polar surface area (TPSA) is 59.6 Å². The summed E-state index contributed by atoms with van der Waals surface area (Å²) in [7, 11) is 0. The first-order valence-electron chi connectivity index (χ1n) is 7.64. The van der Waals surface area contributed by atoms with E-state index in [4.69, 9.17) is 21.7 Å². The van der Waals surface area contributed by atoms with Crippen molar-refractivity contribution in [2.75, 3.05) is 6.61 Å². The van der Waals surface area contributed by atoms with Gasteiger partial charge in [-0.05, 0) is 57.6 Å². The van der Waals surface area contributed by atoms with E-state index < -0.39 is 0 Å². The zero-order chi connectivity index (χ0) is 17.0. The maximum Gasteiger partial charge on any atom is 0.338 e. The summed E-state index contributed by atoms with van der Waals surface area (Å²) < 4.78 is 10.8. The molecular formula is C17H22N2O3S. The van der Waals surface area contributed by atoms with E-state index in [1.807, 2.05) is 45.0 Å². The second-order valence-corrected chi connectivity index (χ2v) is 5.93. The number of nitrogens with one attached hydrogen (secondary N) is 2. The number of esters is 1. The average molecular weight is 334 g/mol. The first kappa shape index (κ1) is 17.3. The lowest BCUT2D eigenvalue weighted by Crippen LogP contribution is -2.45. The zero-order valence-corrected chi connectivity index (χ0v) is 14.6. The van der Waals surface area contributed by atoms with Crippen LogP contribution in [0.5, 0.6) is 5.75 Å². The second-order valence-electron chi connectivity index (χ2n) is 5.53. The van der Waals surface area contributed by atoms with Crippen LogP contribution in [0.4, 0.5) is 0 Å². The van der Waals surface area contributed by atoms with E-state index in [0.29, 0.717) is 23.0 Å². The first-order chi connectivity index (χ1) is 10.9. The summed E-state index contributed by atoms with van der Waals surface area (Å²) in [5.41, 5.74) is 2.17. The summed E-state index contributed by atoms with van der Waals surface area (Å²) in [6, 6.07) is 7.29. The van der Waals surface area contributed by atoms with Crippen LogP contribution in [0.3, 0.4) is 0 Å². The van der Waals surface area contributed by atoms with Gasteiger partial charge in [-0.3, -0.25) is 0 Å². The molecule has 1 heterocycles. The van der Waals surface area contributed by atoms with Gasteiger partial charge >= 0.3 is 5.97 Å². The van der Waals surface area contributed by atoms with Crippen LogP contribution in [0, 0.1) is 0 Å². The summed E-state index contributed by atoms with van der Waals surface area (Å²) in [6.07, 6.45) is 0.114. The molecule has 0 fully saturated rings. The van der Waals surface area contributed by atoms with Crippen molar-refractivity contribution in [3.8, 4) is 5.75 Å². The third-order valence-electron chi connectivity index (χ3n) is 3.35. The third kappa shape index (κ3) is 4.22. The summed E-state index contributed by atoms with van der Waals surface area (Å²) in [6.45, 7) is 7.89. The predicted molar refractivity (Wildman–Crippen MR) is 93.1 cm³/mol. The SMILES string of the molecule is CCOC(=O)C1=C(C)NC(=S)N[C@@H]1c1ccc(OC(C)C)cc1. The molecule has 5 nitrogen and oxygen atoms in total. The Morgan fingerprint density at radius 3 is 2.52 bits per heavy atom. The van der Waals surface area contributed by atoms with Crippen LogP contribution in [0.15, 0.2) is 35.5 Å². The smallest absolute Gasteiger partial charge is 0.338 e. The Labute approximate surface area is 142 Å². The molecule has 2 N–H and O–H groups in total. The molecule has 0 radical (unpaired) electrons. The van der Waals surface area contributed by atoms with Crippen molar-refractivity contribution in [2.45, 2.75) is 39.8 Å². The molecule has 1 aromatic rings. The average Bonchev–Trinajstić information content (AvgIpc) is 2.46. The van der Waals surface area contributed by atoms with Gasteiger partial charge < -0.3 is 20.1 Å². The number of hydrogen-bond donors (Lipinski definition) is 2. The Hall–Kier alpha value is -2.08. The van der Waals surface area contributed by atoms with Crippen LogP contribution in [-0.4, -0.2) is 23.8 Å². The molecule has 0 amide bonds. The number of benzene rings is 1. The molecule has 0 aliphatic carbocycles. The lowest BCUT2D eigenvalue weighted by molar-refractivity contribution is -0.139. The van der Waals surface area contributed by atoms with Crippen LogP contribution >= 0.6 is 12.2 Å². The molecule has 0 unspecified atom stereocenters. The van der Waals surface area contributed by atoms with Crippen LogP contribution in [0.25, 0.3) is 0 Å². The fourth-order valence-corrected chi connectivity index (χ4v) is 2.71. The zero-order valence-electron chi connectivity index (χ0n) is 13.8. The monoisotopic (exact) mass is 334 g/mol. The predicted octanol–water partition coefficient (Wildman–Crippen LogP) is 2.83. The van der Waals surface area contributed by atoms with Gasteiger partial charge in [-0.25, -0.2) is 4.79 Å². The second kappa shape index (κ2) is 7.46. The molecule has 6 heteroatoms. The maximum atomic E-state index is 12.3. The number of carbonyl (C=O) groups excluding carboxylic acids is 1. The van der Waals surface area contributed by atoms with E-state index in [9.17, 15) is 4.79 Å². The van der Waals surface area contributed by atoms with E-state index in [2.05, 4.69) is 10.6 Å². The molecule has 0 aromatic heterocycles. The van der Waals surface area contributed by atoms with Gasteiger partial charge in [0.15, 0.2) is 5.11 Å². The first-order valence-corrected chi connectivity index (χ1v) is 8.05. The highest BCUT2D eigenvalue weighted by atomic mass is 32.1. The van der Waals surface area contributed by atoms with Crippen molar-refractivity contribution in [2.24, 2.45) is 0 Å². The molecule has 1 aliphatic heterocycles. The largest absolute Gasteiger partial charge is 0.491 e. The number of rotatable bonds is 5. The maximum absolute atomic E-state index is 12.3. The molecule has 1 atom stereocenters. The Balaban J connectivity index is 2.32. The number of allylic oxidation sites excluding steroid dienone is 1. The molecule has 23 heavy (non-hydrogen) atoms. The van der Waals surface area contributed by atoms with Crippen molar-refractivity contribution in [1.82, 2.24) is 10.6 Å². The molecule has 0 saturated carbocycles. The Bertz CT molecular complexity index is 623. The molecule has 1 aliphatic rings. The molecule has 0 saturated heterocycles. The Morgan fingerprint density at radius 2 is 1.96 bits per heavy atom. The minimum Gasteiger partial charge on any atom is -0.491 e. The van der Waals surface area contributed by atoms with E-state index in [1.54, 1.807) is 6.92 Å². The normalized spacial score (nSPS) is 17.6. The fraction of sp³-hybridized carbons (Fsp3) is 0.412. The van der Waals surface area contributed by atoms with Crippen LogP contribution < -0.4 is 15.4 Å². The summed E-state index contributed by atoms with van der Waals surface area (Å²) in [5.74, 6) is 0.443. The highest BCUT2D eigenvalue weighted by Crippen LogP contribution is 2.29. The lowest BCUT2D eigenvalue weighted by Gasteiger charge is -2.29. The Kier molecular flexibility index (Phi) is 5.60. The van der Waals surface area contributed by atoms with Crippen molar-refractivity contribution in [3.05, 3.63) is 41.1 Å². The van der Waals surface area contributed by atoms with E-state index >= 15 is 0 Å². The van der Waals surface area contributed by atoms with Crippen molar-refractivity contribution < 1.29 is 14.3 Å². The van der Waals surface area contributed by atoms with Gasteiger partial charge in [0, 0.05) is 5.70 Å². The number of hydrogen-bond acceptors (Lipinski definition) is 4.